The minimum absolute atomic E-state index is 0.0293. The molecule has 0 aliphatic heterocycles. The largest absolute Gasteiger partial charge is 0.508 e. The molecule has 0 unspecified atom stereocenters. The van der Waals surface area contributed by atoms with Gasteiger partial charge in [-0.1, -0.05) is 17.3 Å². The number of phenolic OH excluding ortho intramolecular Hbond substituents is 1. The van der Waals surface area contributed by atoms with Crippen molar-refractivity contribution < 1.29 is 14.5 Å². The molecule has 0 radical (unpaired) electrons. The highest BCUT2D eigenvalue weighted by atomic mass is 16.6. The van der Waals surface area contributed by atoms with Crippen molar-refractivity contribution in [3.63, 3.8) is 0 Å². The van der Waals surface area contributed by atoms with Gasteiger partial charge in [0.1, 0.15) is 5.75 Å². The molecule has 11 nitrogen and oxygen atoms in total. The predicted octanol–water partition coefficient (Wildman–Crippen LogP) is 0.401. The van der Waals surface area contributed by atoms with Crippen LogP contribution in [0.15, 0.2) is 34.0 Å². The van der Waals surface area contributed by atoms with E-state index in [4.69, 9.17) is 5.73 Å². The lowest BCUT2D eigenvalue weighted by Gasteiger charge is -2.05. The summed E-state index contributed by atoms with van der Waals surface area (Å²) in [5.74, 6) is -0.437. The Bertz CT molecular complexity index is 959. The Kier molecular flexibility index (Phi) is 4.12. The molecule has 0 atom stereocenters. The van der Waals surface area contributed by atoms with Crippen molar-refractivity contribution >= 4 is 17.4 Å². The normalized spacial score (nSPS) is 11.5. The fourth-order valence-corrected chi connectivity index (χ4v) is 2.09. The number of aromatic nitrogens is 5. The molecule has 128 valence electrons. The van der Waals surface area contributed by atoms with Crippen LogP contribution in [0.1, 0.15) is 28.7 Å². The van der Waals surface area contributed by atoms with Gasteiger partial charge in [-0.3, -0.25) is 4.79 Å². The lowest BCUT2D eigenvalue weighted by molar-refractivity contribution is 0.0946. The zero-order valence-electron chi connectivity index (χ0n) is 13.3. The zero-order valence-corrected chi connectivity index (χ0v) is 13.3. The van der Waals surface area contributed by atoms with Crippen molar-refractivity contribution in [1.82, 2.24) is 30.7 Å². The van der Waals surface area contributed by atoms with Gasteiger partial charge in [0.15, 0.2) is 5.69 Å². The Morgan fingerprint density at radius 2 is 2.20 bits per heavy atom. The third-order valence-corrected chi connectivity index (χ3v) is 3.34. The molecule has 1 amide bonds. The molecule has 11 heteroatoms. The molecule has 0 aliphatic rings. The molecule has 2 aromatic heterocycles. The third-order valence-electron chi connectivity index (χ3n) is 3.34. The molecule has 4 N–H and O–H groups in total. The summed E-state index contributed by atoms with van der Waals surface area (Å²) >= 11 is 0. The average molecular weight is 342 g/mol. The summed E-state index contributed by atoms with van der Waals surface area (Å²) in [6.45, 7) is 3.30. The Balaban J connectivity index is 1.86. The standard InChI is InChI=1S/C14H14N8O3/c1-7(9-4-3-5-10(23)6-9)16-18-14(24)11-8(2)17-21-22(11)13-12(15)19-25-20-13/h3-6,23H,1-2H3,(H2,15,19)(H,18,24)/b16-7-. The molecular formula is C14H14N8O3. The number of nitrogens with one attached hydrogen (secondary N) is 1. The molecule has 0 bridgehead atoms. The van der Waals surface area contributed by atoms with Crippen LogP contribution in [0.2, 0.25) is 0 Å². The van der Waals surface area contributed by atoms with Crippen LogP contribution >= 0.6 is 0 Å². The van der Waals surface area contributed by atoms with E-state index in [1.807, 2.05) is 0 Å². The van der Waals surface area contributed by atoms with E-state index in [-0.39, 0.29) is 23.1 Å². The number of nitrogens with two attached hydrogens (primary N) is 1. The monoisotopic (exact) mass is 342 g/mol. The van der Waals surface area contributed by atoms with Gasteiger partial charge >= 0.3 is 0 Å². The third kappa shape index (κ3) is 3.15. The average Bonchev–Trinajstić information content (AvgIpc) is 3.17. The van der Waals surface area contributed by atoms with Crippen LogP contribution in [0.5, 0.6) is 5.75 Å². The zero-order chi connectivity index (χ0) is 18.0. The predicted molar refractivity (Wildman–Crippen MR) is 86.1 cm³/mol. The van der Waals surface area contributed by atoms with Crippen LogP contribution < -0.4 is 11.2 Å². The van der Waals surface area contributed by atoms with E-state index < -0.39 is 5.91 Å². The second-order valence-electron chi connectivity index (χ2n) is 5.10. The van der Waals surface area contributed by atoms with E-state index in [9.17, 15) is 9.90 Å². The van der Waals surface area contributed by atoms with Crippen molar-refractivity contribution in [3.8, 4) is 11.6 Å². The minimum atomic E-state index is -0.565. The van der Waals surface area contributed by atoms with E-state index in [2.05, 4.69) is 35.8 Å². The first-order chi connectivity index (χ1) is 12.0. The summed E-state index contributed by atoms with van der Waals surface area (Å²) in [7, 11) is 0. The number of rotatable bonds is 4. The lowest BCUT2D eigenvalue weighted by atomic mass is 10.1. The molecule has 0 saturated carbocycles. The molecule has 2 heterocycles. The second kappa shape index (κ2) is 6.39. The van der Waals surface area contributed by atoms with Gasteiger partial charge in [0.05, 0.1) is 11.4 Å². The lowest BCUT2D eigenvalue weighted by Crippen LogP contribution is -2.23. The number of amides is 1. The summed E-state index contributed by atoms with van der Waals surface area (Å²) in [6, 6.07) is 6.50. The number of nitrogen functional groups attached to an aromatic ring is 1. The number of nitrogens with zero attached hydrogens (tertiary/aromatic N) is 6. The quantitative estimate of drug-likeness (QED) is 0.454. The van der Waals surface area contributed by atoms with E-state index in [1.54, 1.807) is 32.0 Å². The topological polar surface area (TPSA) is 157 Å². The first-order valence-electron chi connectivity index (χ1n) is 7.12. The smallest absolute Gasteiger partial charge is 0.292 e. The summed E-state index contributed by atoms with van der Waals surface area (Å²) in [6.07, 6.45) is 0. The van der Waals surface area contributed by atoms with Crippen LogP contribution in [-0.4, -0.2) is 42.0 Å². The van der Waals surface area contributed by atoms with Crippen LogP contribution in [0.25, 0.3) is 5.82 Å². The summed E-state index contributed by atoms with van der Waals surface area (Å²) < 4.78 is 5.64. The number of hydrazone groups is 1. The van der Waals surface area contributed by atoms with E-state index >= 15 is 0 Å². The van der Waals surface area contributed by atoms with E-state index in [1.165, 1.54) is 6.07 Å². The number of carbonyl (C=O) groups is 1. The van der Waals surface area contributed by atoms with Gasteiger partial charge in [-0.15, -0.1) is 5.10 Å². The fraction of sp³-hybridized carbons (Fsp3) is 0.143. The number of aromatic hydroxyl groups is 1. The van der Waals surface area contributed by atoms with E-state index in [0.717, 1.165) is 4.68 Å². The number of phenols is 1. The molecule has 1 aromatic carbocycles. The van der Waals surface area contributed by atoms with Crippen LogP contribution in [0.4, 0.5) is 5.82 Å². The van der Waals surface area contributed by atoms with Crippen molar-refractivity contribution in [2.45, 2.75) is 13.8 Å². The number of carbonyl (C=O) groups excluding carboxylic acids is 1. The number of hydrogen-bond donors (Lipinski definition) is 3. The number of hydrogen-bond acceptors (Lipinski definition) is 9. The first kappa shape index (κ1) is 16.1. The highest BCUT2D eigenvalue weighted by Gasteiger charge is 2.22. The van der Waals surface area contributed by atoms with E-state index in [0.29, 0.717) is 17.0 Å². The summed E-state index contributed by atoms with van der Waals surface area (Å²) in [5.41, 5.74) is 9.65. The SMILES string of the molecule is C/C(=N/NC(=O)c1c(C)nnn1-c1nonc1N)c1cccc(O)c1. The Hall–Kier alpha value is -3.76. The maximum atomic E-state index is 12.5. The van der Waals surface area contributed by atoms with Crippen molar-refractivity contribution in [2.75, 3.05) is 5.73 Å². The highest BCUT2D eigenvalue weighted by molar-refractivity contribution is 6.01. The number of benzene rings is 1. The Morgan fingerprint density at radius 3 is 2.88 bits per heavy atom. The first-order valence-corrected chi connectivity index (χ1v) is 7.12. The molecule has 0 saturated heterocycles. The Morgan fingerprint density at radius 1 is 1.40 bits per heavy atom. The fourth-order valence-electron chi connectivity index (χ4n) is 2.09. The van der Waals surface area contributed by atoms with Crippen molar-refractivity contribution in [2.24, 2.45) is 5.10 Å². The van der Waals surface area contributed by atoms with Gasteiger partial charge in [0.25, 0.3) is 5.91 Å². The number of aryl methyl sites for hydroxylation is 1. The van der Waals surface area contributed by atoms with Crippen LogP contribution in [-0.2, 0) is 0 Å². The Labute approximate surface area is 141 Å². The van der Waals surface area contributed by atoms with Crippen LogP contribution in [0, 0.1) is 6.92 Å². The van der Waals surface area contributed by atoms with Gasteiger partial charge in [0.2, 0.25) is 11.6 Å². The maximum absolute atomic E-state index is 12.5. The minimum Gasteiger partial charge on any atom is -0.508 e. The van der Waals surface area contributed by atoms with Crippen molar-refractivity contribution in [3.05, 3.63) is 41.2 Å². The van der Waals surface area contributed by atoms with Crippen molar-refractivity contribution in [1.29, 1.82) is 0 Å². The van der Waals surface area contributed by atoms with Gasteiger partial charge in [-0.2, -0.15) is 9.78 Å². The molecular weight excluding hydrogens is 328 g/mol. The number of anilines is 1. The molecule has 25 heavy (non-hydrogen) atoms. The molecule has 3 aromatic rings. The molecule has 0 aliphatic carbocycles. The summed E-state index contributed by atoms with van der Waals surface area (Å²) in [5, 5.41) is 28.2. The van der Waals surface area contributed by atoms with Gasteiger partial charge in [0, 0.05) is 5.56 Å². The van der Waals surface area contributed by atoms with Gasteiger partial charge < -0.3 is 10.8 Å². The van der Waals surface area contributed by atoms with Crippen LogP contribution in [0.3, 0.4) is 0 Å². The van der Waals surface area contributed by atoms with Gasteiger partial charge in [-0.05, 0) is 36.3 Å². The molecule has 0 fully saturated rings. The maximum Gasteiger partial charge on any atom is 0.292 e. The molecule has 3 rings (SSSR count). The van der Waals surface area contributed by atoms with Gasteiger partial charge in [-0.25, -0.2) is 10.1 Å². The summed E-state index contributed by atoms with van der Waals surface area (Å²) in [4.78, 5) is 12.5. The molecule has 0 spiro atoms. The highest BCUT2D eigenvalue weighted by Crippen LogP contribution is 2.15. The second-order valence-corrected chi connectivity index (χ2v) is 5.10.